The lowest BCUT2D eigenvalue weighted by atomic mass is 9.94. The maximum absolute atomic E-state index is 5.16. The molecule has 0 unspecified atom stereocenters. The van der Waals surface area contributed by atoms with Crippen molar-refractivity contribution < 1.29 is 0 Å². The third-order valence-corrected chi connectivity index (χ3v) is 6.50. The van der Waals surface area contributed by atoms with Crippen LogP contribution in [-0.2, 0) is 6.54 Å². The molecule has 1 aliphatic heterocycles. The molecule has 4 heteroatoms. The van der Waals surface area contributed by atoms with Crippen LogP contribution in [0.4, 0.5) is 5.69 Å². The Hall–Kier alpha value is -2.07. The molecular weight excluding hydrogens is 350 g/mol. The molecule has 1 saturated carbocycles. The van der Waals surface area contributed by atoms with Crippen LogP contribution in [0.1, 0.15) is 42.4 Å². The topological polar surface area (TPSA) is 28.0 Å². The van der Waals surface area contributed by atoms with Crippen molar-refractivity contribution in [1.29, 1.82) is 0 Å². The summed E-state index contributed by atoms with van der Waals surface area (Å²) in [6.07, 6.45) is 6.89. The maximum Gasteiger partial charge on any atom is 0.166 e. The molecule has 1 fully saturated rings. The molecule has 0 saturated heterocycles. The Morgan fingerprint density at radius 2 is 1.67 bits per heavy atom. The molecule has 0 bridgehead atoms. The fourth-order valence-electron chi connectivity index (χ4n) is 4.37. The van der Waals surface area contributed by atoms with Crippen molar-refractivity contribution in [2.24, 2.45) is 9.98 Å². The molecular formula is C23H27N3S. The Kier molecular flexibility index (Phi) is 5.09. The van der Waals surface area contributed by atoms with Crippen molar-refractivity contribution in [2.45, 2.75) is 51.6 Å². The Labute approximate surface area is 166 Å². The summed E-state index contributed by atoms with van der Waals surface area (Å²) in [7, 11) is 0. The number of aryl methyl sites for hydroxylation is 2. The van der Waals surface area contributed by atoms with Crippen molar-refractivity contribution >= 4 is 28.5 Å². The van der Waals surface area contributed by atoms with Crippen LogP contribution in [0.2, 0.25) is 0 Å². The van der Waals surface area contributed by atoms with Gasteiger partial charge in [0.05, 0.1) is 5.69 Å². The van der Waals surface area contributed by atoms with Gasteiger partial charge in [-0.1, -0.05) is 73.1 Å². The van der Waals surface area contributed by atoms with Gasteiger partial charge in [-0.25, -0.2) is 9.98 Å². The molecule has 0 radical (unpaired) electrons. The predicted molar refractivity (Wildman–Crippen MR) is 117 cm³/mol. The monoisotopic (exact) mass is 377 g/mol. The highest BCUT2D eigenvalue weighted by molar-refractivity contribution is 8.13. The molecule has 2 aromatic rings. The molecule has 1 aliphatic carbocycles. The van der Waals surface area contributed by atoms with Gasteiger partial charge in [-0.05, 0) is 49.6 Å². The lowest BCUT2D eigenvalue weighted by Crippen LogP contribution is -2.48. The number of rotatable bonds is 3. The fraction of sp³-hybridized carbons (Fsp3) is 0.391. The normalized spacial score (nSPS) is 19.9. The predicted octanol–water partition coefficient (Wildman–Crippen LogP) is 5.88. The van der Waals surface area contributed by atoms with E-state index in [2.05, 4.69) is 73.5 Å². The van der Waals surface area contributed by atoms with E-state index in [0.717, 1.165) is 36.1 Å². The van der Waals surface area contributed by atoms with Crippen molar-refractivity contribution in [3.05, 3.63) is 65.2 Å². The third kappa shape index (κ3) is 3.31. The van der Waals surface area contributed by atoms with Crippen LogP contribution in [-0.4, -0.2) is 27.7 Å². The highest BCUT2D eigenvalue weighted by atomic mass is 32.2. The van der Waals surface area contributed by atoms with Crippen molar-refractivity contribution in [2.75, 3.05) is 6.26 Å². The Bertz CT molecular complexity index is 860. The zero-order valence-corrected chi connectivity index (χ0v) is 17.2. The van der Waals surface area contributed by atoms with E-state index >= 15 is 0 Å². The van der Waals surface area contributed by atoms with Crippen molar-refractivity contribution in [3.63, 3.8) is 0 Å². The number of amidine groups is 2. The molecule has 27 heavy (non-hydrogen) atoms. The zero-order valence-electron chi connectivity index (χ0n) is 16.4. The first kappa shape index (κ1) is 18.3. The second-order valence-electron chi connectivity index (χ2n) is 7.58. The highest BCUT2D eigenvalue weighted by Crippen LogP contribution is 2.44. The van der Waals surface area contributed by atoms with Crippen LogP contribution in [0, 0.1) is 13.8 Å². The summed E-state index contributed by atoms with van der Waals surface area (Å²) in [6, 6.07) is 17.1. The van der Waals surface area contributed by atoms with Gasteiger partial charge >= 0.3 is 0 Å². The molecule has 4 rings (SSSR count). The Morgan fingerprint density at radius 3 is 2.30 bits per heavy atom. The summed E-state index contributed by atoms with van der Waals surface area (Å²) in [5.41, 5.74) is 4.81. The molecule has 1 spiro atoms. The maximum atomic E-state index is 5.16. The summed E-state index contributed by atoms with van der Waals surface area (Å²) in [5, 5.41) is 1.10. The Balaban J connectivity index is 1.78. The number of thioether (sulfide) groups is 1. The lowest BCUT2D eigenvalue weighted by Gasteiger charge is -2.36. The first-order valence-electron chi connectivity index (χ1n) is 9.74. The van der Waals surface area contributed by atoms with Crippen LogP contribution < -0.4 is 0 Å². The smallest absolute Gasteiger partial charge is 0.166 e. The van der Waals surface area contributed by atoms with Gasteiger partial charge < -0.3 is 4.90 Å². The van der Waals surface area contributed by atoms with E-state index in [4.69, 9.17) is 9.98 Å². The van der Waals surface area contributed by atoms with Gasteiger partial charge in [-0.2, -0.15) is 0 Å². The van der Waals surface area contributed by atoms with Gasteiger partial charge in [0, 0.05) is 6.54 Å². The number of hydrogen-bond acceptors (Lipinski definition) is 3. The standard InChI is InChI=1S/C23H27N3S/c1-17-10-9-11-18(2)20(17)24-21-23(14-7-8-15-23)26(22(25-21)27-3)16-19-12-5-4-6-13-19/h4-6,9-13H,7-8,14-16H2,1-3H3. The summed E-state index contributed by atoms with van der Waals surface area (Å²) in [5.74, 6) is 1.01. The Morgan fingerprint density at radius 1 is 1.00 bits per heavy atom. The SMILES string of the molecule is CSC1=NC(=Nc2c(C)cccc2C)C2(CCCC2)N1Cc1ccccc1. The highest BCUT2D eigenvalue weighted by Gasteiger charge is 2.49. The zero-order chi connectivity index (χ0) is 18.9. The second kappa shape index (κ2) is 7.51. The lowest BCUT2D eigenvalue weighted by molar-refractivity contribution is 0.262. The first-order chi connectivity index (χ1) is 13.1. The summed E-state index contributed by atoms with van der Waals surface area (Å²) in [6.45, 7) is 5.18. The van der Waals surface area contributed by atoms with Crippen LogP contribution in [0.15, 0.2) is 58.5 Å². The molecule has 0 N–H and O–H groups in total. The average Bonchev–Trinajstić information content (AvgIpc) is 3.27. The van der Waals surface area contributed by atoms with E-state index in [1.807, 2.05) is 0 Å². The minimum absolute atomic E-state index is 0.0527. The molecule has 0 aromatic heterocycles. The number of aliphatic imine (C=N–C) groups is 2. The number of hydrogen-bond donors (Lipinski definition) is 0. The van der Waals surface area contributed by atoms with E-state index in [1.54, 1.807) is 11.8 Å². The first-order valence-corrected chi connectivity index (χ1v) is 11.0. The molecule has 1 heterocycles. The van der Waals surface area contributed by atoms with Gasteiger partial charge in [0.1, 0.15) is 5.54 Å². The van der Waals surface area contributed by atoms with Crippen LogP contribution in [0.25, 0.3) is 0 Å². The van der Waals surface area contributed by atoms with E-state index < -0.39 is 0 Å². The van der Waals surface area contributed by atoms with Gasteiger partial charge in [0.15, 0.2) is 11.0 Å². The molecule has 0 amide bonds. The molecule has 2 aliphatic rings. The summed E-state index contributed by atoms with van der Waals surface area (Å²) >= 11 is 1.74. The molecule has 140 valence electrons. The van der Waals surface area contributed by atoms with E-state index in [0.29, 0.717) is 0 Å². The van der Waals surface area contributed by atoms with Gasteiger partial charge in [0.2, 0.25) is 0 Å². The van der Waals surface area contributed by atoms with Gasteiger partial charge in [-0.15, -0.1) is 0 Å². The van der Waals surface area contributed by atoms with Crippen LogP contribution >= 0.6 is 11.8 Å². The van der Waals surface area contributed by atoms with E-state index in [9.17, 15) is 0 Å². The van der Waals surface area contributed by atoms with E-state index in [1.165, 1.54) is 29.5 Å². The van der Waals surface area contributed by atoms with Crippen molar-refractivity contribution in [1.82, 2.24) is 4.90 Å². The average molecular weight is 378 g/mol. The summed E-state index contributed by atoms with van der Waals surface area (Å²) < 4.78 is 0. The fourth-order valence-corrected chi connectivity index (χ4v) is 5.01. The molecule has 3 nitrogen and oxygen atoms in total. The minimum atomic E-state index is -0.0527. The number of para-hydroxylation sites is 1. The molecule has 2 aromatic carbocycles. The summed E-state index contributed by atoms with van der Waals surface area (Å²) in [4.78, 5) is 12.7. The second-order valence-corrected chi connectivity index (χ2v) is 8.36. The van der Waals surface area contributed by atoms with Crippen LogP contribution in [0.3, 0.4) is 0 Å². The van der Waals surface area contributed by atoms with Crippen molar-refractivity contribution in [3.8, 4) is 0 Å². The van der Waals surface area contributed by atoms with Gasteiger partial charge in [-0.3, -0.25) is 0 Å². The van der Waals surface area contributed by atoms with E-state index in [-0.39, 0.29) is 5.54 Å². The quantitative estimate of drug-likeness (QED) is 0.668. The largest absolute Gasteiger partial charge is 0.334 e. The molecule has 0 atom stereocenters. The van der Waals surface area contributed by atoms with Gasteiger partial charge in [0.25, 0.3) is 0 Å². The van der Waals surface area contributed by atoms with Crippen LogP contribution in [0.5, 0.6) is 0 Å². The number of benzene rings is 2. The third-order valence-electron chi connectivity index (χ3n) is 5.82. The minimum Gasteiger partial charge on any atom is -0.334 e. The number of nitrogens with zero attached hydrogens (tertiary/aromatic N) is 3.